The third-order valence-electron chi connectivity index (χ3n) is 6.31. The van der Waals surface area contributed by atoms with E-state index >= 15 is 0 Å². The summed E-state index contributed by atoms with van der Waals surface area (Å²) in [7, 11) is 1.43. The van der Waals surface area contributed by atoms with Crippen molar-refractivity contribution in [2.45, 2.75) is 103 Å². The van der Waals surface area contributed by atoms with E-state index in [4.69, 9.17) is 18.5 Å². The zero-order valence-electron chi connectivity index (χ0n) is 28.6. The third-order valence-corrected chi connectivity index (χ3v) is 7.30. The van der Waals surface area contributed by atoms with E-state index in [0.29, 0.717) is 23.9 Å². The van der Waals surface area contributed by atoms with Gasteiger partial charge in [-0.05, 0) is 57.8 Å². The molecule has 258 valence electrons. The van der Waals surface area contributed by atoms with Crippen LogP contribution in [0.5, 0.6) is 0 Å². The van der Waals surface area contributed by atoms with Gasteiger partial charge in [0.15, 0.2) is 6.10 Å². The highest BCUT2D eigenvalue weighted by Crippen LogP contribution is 2.43. The quantitative estimate of drug-likeness (QED) is 0.0296. The van der Waals surface area contributed by atoms with E-state index in [9.17, 15) is 19.0 Å². The van der Waals surface area contributed by atoms with Gasteiger partial charge in [0.2, 0.25) is 0 Å². The molecule has 0 saturated heterocycles. The molecule has 45 heavy (non-hydrogen) atoms. The SMILES string of the molecule is CC/C=C\C/C=C\C/C=C\C/C=C\C/C=C\CCCCCC(=O)OC(COC(=O)CCCC)COP(=O)(O)OCC[N+](C)(C)C. The molecular formula is C35H61NO8P+. The number of unbranched alkanes of at least 4 members (excludes halogenated alkanes) is 4. The molecule has 1 N–H and O–H groups in total. The Morgan fingerprint density at radius 2 is 1.27 bits per heavy atom. The zero-order valence-corrected chi connectivity index (χ0v) is 29.5. The van der Waals surface area contributed by atoms with Gasteiger partial charge in [0.1, 0.15) is 19.8 Å². The number of phosphoric ester groups is 1. The minimum absolute atomic E-state index is 0.0212. The van der Waals surface area contributed by atoms with Crippen molar-refractivity contribution in [1.29, 1.82) is 0 Å². The summed E-state index contributed by atoms with van der Waals surface area (Å²) in [4.78, 5) is 34.4. The highest BCUT2D eigenvalue weighted by atomic mass is 31.2. The van der Waals surface area contributed by atoms with Crippen LogP contribution in [-0.4, -0.2) is 74.9 Å². The van der Waals surface area contributed by atoms with Crippen molar-refractivity contribution in [3.8, 4) is 0 Å². The molecule has 10 heteroatoms. The van der Waals surface area contributed by atoms with Crippen LogP contribution in [0.3, 0.4) is 0 Å². The summed E-state index contributed by atoms with van der Waals surface area (Å²) in [6, 6.07) is 0. The molecule has 0 aliphatic rings. The van der Waals surface area contributed by atoms with Crippen molar-refractivity contribution < 1.29 is 42.1 Å². The number of likely N-dealkylation sites (N-methyl/N-ethyl adjacent to an activating group) is 1. The van der Waals surface area contributed by atoms with Crippen LogP contribution < -0.4 is 0 Å². The van der Waals surface area contributed by atoms with Crippen LogP contribution in [0, 0.1) is 0 Å². The smallest absolute Gasteiger partial charge is 0.462 e. The molecule has 0 rings (SSSR count). The first-order valence-corrected chi connectivity index (χ1v) is 18.0. The average molecular weight is 655 g/mol. The van der Waals surface area contributed by atoms with Crippen molar-refractivity contribution >= 4 is 19.8 Å². The molecule has 0 aromatic heterocycles. The largest absolute Gasteiger partial charge is 0.472 e. The molecular weight excluding hydrogens is 593 g/mol. The Bertz CT molecular complexity index is 965. The summed E-state index contributed by atoms with van der Waals surface area (Å²) in [6.07, 6.45) is 31.0. The standard InChI is InChI=1S/C35H60NO8P/c1-6-8-10-11-12-13-14-15-16-17-18-19-20-21-22-23-24-25-26-28-35(38)44-33(31-41-34(37)27-9-7-2)32-43-45(39,40)42-30-29-36(3,4)5/h8,10,12-13,15-16,18-19,21-22,33H,6-7,9,11,14,17,20,23-32H2,1-5H3/p+1/b10-8-,13-12-,16-15-,19-18-,22-21-. The third kappa shape index (κ3) is 31.5. The Kier molecular flexibility index (Phi) is 26.6. The first kappa shape index (κ1) is 42.7. The summed E-state index contributed by atoms with van der Waals surface area (Å²) in [6.45, 7) is 3.95. The lowest BCUT2D eigenvalue weighted by molar-refractivity contribution is -0.870. The molecule has 0 heterocycles. The zero-order chi connectivity index (χ0) is 33.7. The minimum atomic E-state index is -4.36. The van der Waals surface area contributed by atoms with Gasteiger partial charge in [0.05, 0.1) is 27.7 Å². The number of hydrogen-bond donors (Lipinski definition) is 1. The molecule has 0 aliphatic carbocycles. The van der Waals surface area contributed by atoms with Gasteiger partial charge in [0.25, 0.3) is 0 Å². The predicted molar refractivity (Wildman–Crippen MR) is 183 cm³/mol. The second-order valence-electron chi connectivity index (χ2n) is 11.8. The highest BCUT2D eigenvalue weighted by Gasteiger charge is 2.27. The maximum atomic E-state index is 12.4. The molecule has 0 spiro atoms. The summed E-state index contributed by atoms with van der Waals surface area (Å²) in [5, 5.41) is 0. The number of carbonyl (C=O) groups excluding carboxylic acids is 2. The molecule has 0 amide bonds. The molecule has 0 radical (unpaired) electrons. The first-order valence-electron chi connectivity index (χ1n) is 16.5. The van der Waals surface area contributed by atoms with E-state index in [0.717, 1.165) is 57.8 Å². The van der Waals surface area contributed by atoms with E-state index in [1.54, 1.807) is 0 Å². The molecule has 0 bridgehead atoms. The van der Waals surface area contributed by atoms with E-state index in [1.807, 2.05) is 28.1 Å². The number of phosphoric acid groups is 1. The monoisotopic (exact) mass is 654 g/mol. The Morgan fingerprint density at radius 1 is 0.711 bits per heavy atom. The molecule has 9 nitrogen and oxygen atoms in total. The van der Waals surface area contributed by atoms with Crippen LogP contribution in [0.4, 0.5) is 0 Å². The fourth-order valence-electron chi connectivity index (χ4n) is 3.66. The van der Waals surface area contributed by atoms with E-state index in [-0.39, 0.29) is 26.1 Å². The van der Waals surface area contributed by atoms with Crippen LogP contribution in [0.1, 0.15) is 97.3 Å². The number of allylic oxidation sites excluding steroid dienone is 10. The van der Waals surface area contributed by atoms with Crippen molar-refractivity contribution in [3.05, 3.63) is 60.8 Å². The number of nitrogens with zero attached hydrogens (tertiary/aromatic N) is 1. The van der Waals surface area contributed by atoms with Crippen LogP contribution in [0.15, 0.2) is 60.8 Å². The summed E-state index contributed by atoms with van der Waals surface area (Å²) in [5.74, 6) is -0.888. The maximum absolute atomic E-state index is 12.4. The van der Waals surface area contributed by atoms with E-state index in [1.165, 1.54) is 0 Å². The molecule has 0 aromatic rings. The Balaban J connectivity index is 4.31. The average Bonchev–Trinajstić information content (AvgIpc) is 2.97. The lowest BCUT2D eigenvalue weighted by atomic mass is 10.1. The van der Waals surface area contributed by atoms with Gasteiger partial charge in [-0.25, -0.2) is 4.57 Å². The lowest BCUT2D eigenvalue weighted by Crippen LogP contribution is -2.37. The number of quaternary nitrogens is 1. The van der Waals surface area contributed by atoms with Gasteiger partial charge in [-0.3, -0.25) is 18.6 Å². The van der Waals surface area contributed by atoms with E-state index in [2.05, 4.69) is 67.7 Å². The second-order valence-corrected chi connectivity index (χ2v) is 13.3. The summed E-state index contributed by atoms with van der Waals surface area (Å²) < 4.78 is 33.5. The van der Waals surface area contributed by atoms with Crippen molar-refractivity contribution in [1.82, 2.24) is 0 Å². The highest BCUT2D eigenvalue weighted by molar-refractivity contribution is 7.47. The molecule has 0 aromatic carbocycles. The fourth-order valence-corrected chi connectivity index (χ4v) is 4.40. The molecule has 0 aliphatic heterocycles. The van der Waals surface area contributed by atoms with Gasteiger partial charge in [-0.15, -0.1) is 0 Å². The second kappa shape index (κ2) is 28.0. The lowest BCUT2D eigenvalue weighted by Gasteiger charge is -2.24. The van der Waals surface area contributed by atoms with Gasteiger partial charge in [0, 0.05) is 12.8 Å². The number of rotatable bonds is 28. The fraction of sp³-hybridized carbons (Fsp3) is 0.657. The van der Waals surface area contributed by atoms with Crippen molar-refractivity contribution in [2.24, 2.45) is 0 Å². The molecule has 0 saturated carbocycles. The van der Waals surface area contributed by atoms with Crippen LogP contribution in [0.2, 0.25) is 0 Å². The van der Waals surface area contributed by atoms with E-state index < -0.39 is 32.5 Å². The number of carbonyl (C=O) groups is 2. The van der Waals surface area contributed by atoms with Crippen LogP contribution >= 0.6 is 7.82 Å². The summed E-state index contributed by atoms with van der Waals surface area (Å²) >= 11 is 0. The Hall–Kier alpha value is -2.29. The van der Waals surface area contributed by atoms with Gasteiger partial charge >= 0.3 is 19.8 Å². The predicted octanol–water partition coefficient (Wildman–Crippen LogP) is 8.17. The molecule has 2 unspecified atom stereocenters. The Morgan fingerprint density at radius 3 is 1.82 bits per heavy atom. The molecule has 0 fully saturated rings. The first-order chi connectivity index (χ1) is 21.5. The maximum Gasteiger partial charge on any atom is 0.472 e. The number of ether oxygens (including phenoxy) is 2. The van der Waals surface area contributed by atoms with Crippen LogP contribution in [0.25, 0.3) is 0 Å². The number of esters is 2. The van der Waals surface area contributed by atoms with Gasteiger partial charge in [-0.1, -0.05) is 87.4 Å². The molecule has 2 atom stereocenters. The Labute approximate surface area is 273 Å². The summed E-state index contributed by atoms with van der Waals surface area (Å²) in [5.41, 5.74) is 0. The minimum Gasteiger partial charge on any atom is -0.462 e. The van der Waals surface area contributed by atoms with Crippen molar-refractivity contribution in [2.75, 3.05) is 47.5 Å². The van der Waals surface area contributed by atoms with Crippen LogP contribution in [-0.2, 0) is 32.7 Å². The number of hydrogen-bond acceptors (Lipinski definition) is 7. The van der Waals surface area contributed by atoms with Crippen molar-refractivity contribution in [3.63, 3.8) is 0 Å². The topological polar surface area (TPSA) is 108 Å². The van der Waals surface area contributed by atoms with Gasteiger partial charge in [-0.2, -0.15) is 0 Å². The van der Waals surface area contributed by atoms with Gasteiger partial charge < -0.3 is 18.9 Å². The normalized spacial score (nSPS) is 14.7.